The molecular weight excluding hydrogens is 310 g/mol. The molecule has 1 aliphatic heterocycles. The lowest BCUT2D eigenvalue weighted by Gasteiger charge is -2.28. The maximum atomic E-state index is 4.82. The van der Waals surface area contributed by atoms with Crippen molar-refractivity contribution in [1.29, 1.82) is 0 Å². The molecule has 5 heteroatoms. The van der Waals surface area contributed by atoms with E-state index in [1.54, 1.807) is 0 Å². The van der Waals surface area contributed by atoms with E-state index in [0.29, 0.717) is 0 Å². The van der Waals surface area contributed by atoms with Gasteiger partial charge in [-0.1, -0.05) is 26.8 Å². The molecule has 0 unspecified atom stereocenters. The average molecular weight is 335 g/mol. The Morgan fingerprint density at radius 1 is 1.16 bits per heavy atom. The molecule has 0 spiro atoms. The molecule has 0 atom stereocenters. The van der Waals surface area contributed by atoms with Gasteiger partial charge < -0.3 is 4.40 Å². The highest BCUT2D eigenvalue weighted by molar-refractivity contribution is 5.53. The van der Waals surface area contributed by atoms with E-state index >= 15 is 0 Å². The second-order valence-corrected chi connectivity index (χ2v) is 7.94. The molecule has 1 aliphatic rings. The summed E-state index contributed by atoms with van der Waals surface area (Å²) in [6.45, 7) is 11.3. The van der Waals surface area contributed by atoms with E-state index < -0.39 is 0 Å². The molecule has 5 nitrogen and oxygen atoms in total. The van der Waals surface area contributed by atoms with Crippen molar-refractivity contribution in [3.8, 4) is 0 Å². The number of aryl methyl sites for hydroxylation is 1. The normalized spacial score (nSPS) is 15.5. The molecule has 0 fully saturated rings. The third-order valence-corrected chi connectivity index (χ3v) is 4.86. The summed E-state index contributed by atoms with van der Waals surface area (Å²) in [6, 6.07) is 6.27. The Morgan fingerprint density at radius 3 is 2.80 bits per heavy atom. The maximum Gasteiger partial charge on any atom is 0.133 e. The van der Waals surface area contributed by atoms with E-state index in [-0.39, 0.29) is 5.41 Å². The van der Waals surface area contributed by atoms with Crippen molar-refractivity contribution in [2.75, 3.05) is 6.54 Å². The third-order valence-electron chi connectivity index (χ3n) is 4.86. The lowest BCUT2D eigenvalue weighted by molar-refractivity contribution is 0.240. The Morgan fingerprint density at radius 2 is 2.00 bits per heavy atom. The molecule has 0 saturated heterocycles. The van der Waals surface area contributed by atoms with Crippen molar-refractivity contribution < 1.29 is 0 Å². The maximum absolute atomic E-state index is 4.82. The Balaban J connectivity index is 1.56. The summed E-state index contributed by atoms with van der Waals surface area (Å²) in [5.41, 5.74) is 4.81. The molecule has 4 rings (SSSR count). The third kappa shape index (κ3) is 3.04. The van der Waals surface area contributed by atoms with Crippen LogP contribution in [0.3, 0.4) is 0 Å². The van der Waals surface area contributed by atoms with Crippen LogP contribution in [0.4, 0.5) is 0 Å². The van der Waals surface area contributed by atoms with Crippen LogP contribution in [0.5, 0.6) is 0 Å². The first-order chi connectivity index (χ1) is 11.9. The highest BCUT2D eigenvalue weighted by atomic mass is 15.2. The van der Waals surface area contributed by atoms with Crippen LogP contribution in [0.15, 0.2) is 30.6 Å². The van der Waals surface area contributed by atoms with Crippen LogP contribution in [-0.4, -0.2) is 30.8 Å². The van der Waals surface area contributed by atoms with Crippen molar-refractivity contribution in [2.24, 2.45) is 0 Å². The molecule has 25 heavy (non-hydrogen) atoms. The fraction of sp³-hybridized carbons (Fsp3) is 0.450. The van der Waals surface area contributed by atoms with Gasteiger partial charge in [0.1, 0.15) is 11.6 Å². The van der Waals surface area contributed by atoms with Gasteiger partial charge >= 0.3 is 0 Å². The first-order valence-corrected chi connectivity index (χ1v) is 8.92. The van der Waals surface area contributed by atoms with Crippen LogP contribution in [0.2, 0.25) is 0 Å². The summed E-state index contributed by atoms with van der Waals surface area (Å²) in [5.74, 6) is 1.98. The van der Waals surface area contributed by atoms with E-state index in [1.165, 1.54) is 16.8 Å². The Hall–Kier alpha value is -2.27. The molecule has 0 saturated carbocycles. The smallest absolute Gasteiger partial charge is 0.133 e. The Bertz CT molecular complexity index is 919. The predicted molar refractivity (Wildman–Crippen MR) is 98.5 cm³/mol. The molecule has 0 radical (unpaired) electrons. The summed E-state index contributed by atoms with van der Waals surface area (Å²) in [6.07, 6.45) is 5.08. The van der Waals surface area contributed by atoms with Gasteiger partial charge in [-0.15, -0.1) is 0 Å². The molecule has 0 amide bonds. The summed E-state index contributed by atoms with van der Waals surface area (Å²) < 4.78 is 2.16. The molecule has 130 valence electrons. The van der Waals surface area contributed by atoms with Crippen molar-refractivity contribution in [3.63, 3.8) is 0 Å². The number of fused-ring (bicyclic) bond motifs is 2. The summed E-state index contributed by atoms with van der Waals surface area (Å²) in [4.78, 5) is 16.6. The Kier molecular flexibility index (Phi) is 3.84. The van der Waals surface area contributed by atoms with Gasteiger partial charge in [-0.2, -0.15) is 0 Å². The fourth-order valence-corrected chi connectivity index (χ4v) is 3.47. The van der Waals surface area contributed by atoms with Crippen molar-refractivity contribution >= 4 is 5.52 Å². The second kappa shape index (κ2) is 5.92. The van der Waals surface area contributed by atoms with Gasteiger partial charge in [0.2, 0.25) is 0 Å². The van der Waals surface area contributed by atoms with Gasteiger partial charge in [0.25, 0.3) is 0 Å². The molecule has 0 aromatic carbocycles. The number of nitrogens with zero attached hydrogens (tertiary/aromatic N) is 5. The van der Waals surface area contributed by atoms with E-state index in [1.807, 2.05) is 12.3 Å². The lowest BCUT2D eigenvalue weighted by Crippen LogP contribution is -2.32. The predicted octanol–water partition coefficient (Wildman–Crippen LogP) is 3.29. The van der Waals surface area contributed by atoms with E-state index in [0.717, 1.165) is 43.4 Å². The average Bonchev–Trinajstić information content (AvgIpc) is 2.90. The molecule has 0 aliphatic carbocycles. The minimum absolute atomic E-state index is 0.000954. The van der Waals surface area contributed by atoms with Crippen LogP contribution in [0.1, 0.15) is 49.4 Å². The first kappa shape index (κ1) is 16.2. The highest BCUT2D eigenvalue weighted by Gasteiger charge is 2.23. The summed E-state index contributed by atoms with van der Waals surface area (Å²) in [7, 11) is 0. The van der Waals surface area contributed by atoms with Crippen LogP contribution in [-0.2, 0) is 24.9 Å². The first-order valence-electron chi connectivity index (χ1n) is 8.92. The number of hydrogen-bond donors (Lipinski definition) is 0. The summed E-state index contributed by atoms with van der Waals surface area (Å²) >= 11 is 0. The van der Waals surface area contributed by atoms with Gasteiger partial charge in [0.15, 0.2) is 0 Å². The lowest BCUT2D eigenvalue weighted by atomic mass is 9.95. The summed E-state index contributed by atoms with van der Waals surface area (Å²) in [5, 5.41) is 0. The quantitative estimate of drug-likeness (QED) is 0.721. The standard InChI is InChI=1S/C20H25N5/c1-14-22-17(18-7-5-6-9-25(14)18)13-24-10-8-16-15(12-24)11-21-19(23-16)20(2,3)4/h5-7,9,11H,8,10,12-13H2,1-4H3. The number of aromatic nitrogens is 4. The van der Waals surface area contributed by atoms with Gasteiger partial charge in [-0.3, -0.25) is 4.90 Å². The molecule has 3 aromatic heterocycles. The topological polar surface area (TPSA) is 46.3 Å². The molecule has 0 bridgehead atoms. The van der Waals surface area contributed by atoms with E-state index in [2.05, 4.69) is 60.3 Å². The van der Waals surface area contributed by atoms with Gasteiger partial charge in [0, 0.05) is 55.1 Å². The van der Waals surface area contributed by atoms with Gasteiger partial charge in [-0.25, -0.2) is 15.0 Å². The largest absolute Gasteiger partial charge is 0.304 e. The monoisotopic (exact) mass is 335 g/mol. The van der Waals surface area contributed by atoms with Crippen molar-refractivity contribution in [3.05, 3.63) is 59.2 Å². The van der Waals surface area contributed by atoms with E-state index in [4.69, 9.17) is 9.97 Å². The van der Waals surface area contributed by atoms with Gasteiger partial charge in [-0.05, 0) is 19.1 Å². The molecular formula is C20H25N5. The Labute approximate surface area is 148 Å². The fourth-order valence-electron chi connectivity index (χ4n) is 3.47. The number of rotatable bonds is 2. The molecule has 0 N–H and O–H groups in total. The number of hydrogen-bond acceptors (Lipinski definition) is 4. The molecule has 4 heterocycles. The number of pyridine rings is 1. The zero-order chi connectivity index (χ0) is 17.6. The van der Waals surface area contributed by atoms with Crippen LogP contribution < -0.4 is 0 Å². The molecule has 3 aromatic rings. The number of imidazole rings is 1. The SMILES string of the molecule is Cc1nc(CN2CCc3nc(C(C)(C)C)ncc3C2)c2ccccn12. The van der Waals surface area contributed by atoms with Crippen LogP contribution >= 0.6 is 0 Å². The zero-order valence-corrected chi connectivity index (χ0v) is 15.5. The zero-order valence-electron chi connectivity index (χ0n) is 15.5. The van der Waals surface area contributed by atoms with Crippen LogP contribution in [0, 0.1) is 6.92 Å². The van der Waals surface area contributed by atoms with Crippen molar-refractivity contribution in [2.45, 2.75) is 52.6 Å². The highest BCUT2D eigenvalue weighted by Crippen LogP contribution is 2.24. The minimum atomic E-state index is -0.000954. The van der Waals surface area contributed by atoms with Crippen molar-refractivity contribution in [1.82, 2.24) is 24.3 Å². The second-order valence-electron chi connectivity index (χ2n) is 7.94. The van der Waals surface area contributed by atoms with E-state index in [9.17, 15) is 0 Å². The van der Waals surface area contributed by atoms with Gasteiger partial charge in [0.05, 0.1) is 11.2 Å². The minimum Gasteiger partial charge on any atom is -0.304 e. The van der Waals surface area contributed by atoms with Crippen LogP contribution in [0.25, 0.3) is 5.52 Å².